The van der Waals surface area contributed by atoms with Crippen LogP contribution in [-0.4, -0.2) is 24.0 Å². The van der Waals surface area contributed by atoms with Crippen LogP contribution in [-0.2, 0) is 0 Å². The number of carbonyl (C=O) groups excluding carboxylic acids is 1. The van der Waals surface area contributed by atoms with Gasteiger partial charge in [0, 0.05) is 25.0 Å². The van der Waals surface area contributed by atoms with Gasteiger partial charge >= 0.3 is 0 Å². The molecule has 0 bridgehead atoms. The number of rotatable bonds is 7. The Morgan fingerprint density at radius 2 is 2.11 bits per heavy atom. The van der Waals surface area contributed by atoms with E-state index in [4.69, 9.17) is 0 Å². The van der Waals surface area contributed by atoms with Crippen LogP contribution in [0.25, 0.3) is 0 Å². The maximum absolute atomic E-state index is 12.1. The van der Waals surface area contributed by atoms with E-state index in [0.717, 1.165) is 30.8 Å². The molecule has 0 saturated heterocycles. The molecule has 0 aliphatic heterocycles. The molecule has 0 spiro atoms. The zero-order valence-corrected chi connectivity index (χ0v) is 12.4. The maximum atomic E-state index is 12.1. The van der Waals surface area contributed by atoms with Crippen molar-refractivity contribution < 1.29 is 4.79 Å². The molecule has 0 saturated carbocycles. The molecule has 0 atom stereocenters. The van der Waals surface area contributed by atoms with Crippen molar-refractivity contribution in [3.05, 3.63) is 23.5 Å². The second kappa shape index (κ2) is 7.77. The molecule has 0 fully saturated rings. The summed E-state index contributed by atoms with van der Waals surface area (Å²) in [6.07, 6.45) is 3.66. The van der Waals surface area contributed by atoms with Crippen molar-refractivity contribution in [2.45, 2.75) is 40.5 Å². The summed E-state index contributed by atoms with van der Waals surface area (Å²) in [5.41, 5.74) is 2.41. The third-order valence-electron chi connectivity index (χ3n) is 2.86. The van der Waals surface area contributed by atoms with Crippen molar-refractivity contribution in [1.82, 2.24) is 10.3 Å². The molecule has 0 aromatic carbocycles. The third kappa shape index (κ3) is 5.28. The van der Waals surface area contributed by atoms with E-state index in [1.165, 1.54) is 0 Å². The molecule has 0 aliphatic carbocycles. The fraction of sp³-hybridized carbons (Fsp3) is 0.600. The molecule has 0 aliphatic rings. The van der Waals surface area contributed by atoms with E-state index in [1.54, 1.807) is 6.20 Å². The van der Waals surface area contributed by atoms with Crippen LogP contribution >= 0.6 is 0 Å². The number of hydrogen-bond acceptors (Lipinski definition) is 3. The van der Waals surface area contributed by atoms with Crippen molar-refractivity contribution >= 4 is 11.6 Å². The van der Waals surface area contributed by atoms with Gasteiger partial charge in [0.05, 0.1) is 11.3 Å². The van der Waals surface area contributed by atoms with Gasteiger partial charge in [0.1, 0.15) is 0 Å². The number of hydrogen-bond donors (Lipinski definition) is 2. The summed E-state index contributed by atoms with van der Waals surface area (Å²) in [6, 6.07) is 1.92. The van der Waals surface area contributed by atoms with Crippen LogP contribution in [0.15, 0.2) is 12.3 Å². The number of amides is 1. The fourth-order valence-corrected chi connectivity index (χ4v) is 1.72. The summed E-state index contributed by atoms with van der Waals surface area (Å²) < 4.78 is 0. The molecular formula is C15H25N3O. The Morgan fingerprint density at radius 3 is 2.74 bits per heavy atom. The van der Waals surface area contributed by atoms with E-state index in [0.29, 0.717) is 18.0 Å². The quantitative estimate of drug-likeness (QED) is 0.795. The highest BCUT2D eigenvalue weighted by Gasteiger charge is 2.11. The standard InChI is InChI=1S/C15H25N3O/c1-5-7-16-14-9-12(4)18-10-13(14)15(19)17-8-6-11(2)3/h9-11H,5-8H2,1-4H3,(H,16,18)(H,17,19). The summed E-state index contributed by atoms with van der Waals surface area (Å²) in [5, 5.41) is 6.23. The Morgan fingerprint density at radius 1 is 1.37 bits per heavy atom. The van der Waals surface area contributed by atoms with E-state index in [1.807, 2.05) is 13.0 Å². The largest absolute Gasteiger partial charge is 0.384 e. The minimum Gasteiger partial charge on any atom is -0.384 e. The molecule has 106 valence electrons. The van der Waals surface area contributed by atoms with Gasteiger partial charge in [-0.15, -0.1) is 0 Å². The lowest BCUT2D eigenvalue weighted by molar-refractivity contribution is 0.0952. The molecule has 1 aromatic rings. The van der Waals surface area contributed by atoms with Gasteiger partial charge in [-0.1, -0.05) is 20.8 Å². The monoisotopic (exact) mass is 263 g/mol. The summed E-state index contributed by atoms with van der Waals surface area (Å²) in [5.74, 6) is 0.542. The Kier molecular flexibility index (Phi) is 6.33. The van der Waals surface area contributed by atoms with Crippen LogP contribution in [0, 0.1) is 12.8 Å². The third-order valence-corrected chi connectivity index (χ3v) is 2.86. The number of nitrogens with zero attached hydrogens (tertiary/aromatic N) is 1. The van der Waals surface area contributed by atoms with Crippen molar-refractivity contribution in [3.8, 4) is 0 Å². The first kappa shape index (κ1) is 15.5. The molecule has 1 amide bonds. The van der Waals surface area contributed by atoms with Gasteiger partial charge in [-0.05, 0) is 31.7 Å². The Balaban J connectivity index is 2.71. The zero-order chi connectivity index (χ0) is 14.3. The Bertz CT molecular complexity index is 416. The van der Waals surface area contributed by atoms with E-state index in [2.05, 4.69) is 36.4 Å². The van der Waals surface area contributed by atoms with E-state index in [9.17, 15) is 4.79 Å². The lowest BCUT2D eigenvalue weighted by atomic mass is 10.1. The first-order valence-corrected chi connectivity index (χ1v) is 7.03. The Hall–Kier alpha value is -1.58. The molecule has 0 unspecified atom stereocenters. The Labute approximate surface area is 116 Å². The SMILES string of the molecule is CCCNc1cc(C)ncc1C(=O)NCCC(C)C. The van der Waals surface area contributed by atoms with E-state index < -0.39 is 0 Å². The molecule has 4 heteroatoms. The molecule has 19 heavy (non-hydrogen) atoms. The predicted molar refractivity (Wildman–Crippen MR) is 79.5 cm³/mol. The van der Waals surface area contributed by atoms with Crippen LogP contribution in [0.3, 0.4) is 0 Å². The average Bonchev–Trinajstić information content (AvgIpc) is 2.35. The minimum atomic E-state index is -0.0493. The molecule has 1 rings (SSSR count). The molecule has 2 N–H and O–H groups in total. The average molecular weight is 263 g/mol. The summed E-state index contributed by atoms with van der Waals surface area (Å²) in [4.78, 5) is 16.3. The zero-order valence-electron chi connectivity index (χ0n) is 12.4. The minimum absolute atomic E-state index is 0.0493. The van der Waals surface area contributed by atoms with Gasteiger partial charge < -0.3 is 10.6 Å². The van der Waals surface area contributed by atoms with Crippen molar-refractivity contribution in [2.24, 2.45) is 5.92 Å². The molecule has 4 nitrogen and oxygen atoms in total. The highest BCUT2D eigenvalue weighted by Crippen LogP contribution is 2.15. The molecule has 0 radical (unpaired) electrons. The van der Waals surface area contributed by atoms with Crippen LogP contribution in [0.1, 0.15) is 49.7 Å². The van der Waals surface area contributed by atoms with Gasteiger partial charge in [0.2, 0.25) is 0 Å². The number of aromatic nitrogens is 1. The topological polar surface area (TPSA) is 54.0 Å². The van der Waals surface area contributed by atoms with Gasteiger partial charge in [-0.2, -0.15) is 0 Å². The van der Waals surface area contributed by atoms with Crippen molar-refractivity contribution in [3.63, 3.8) is 0 Å². The summed E-state index contributed by atoms with van der Waals surface area (Å²) in [7, 11) is 0. The van der Waals surface area contributed by atoms with Gasteiger partial charge in [-0.3, -0.25) is 9.78 Å². The van der Waals surface area contributed by atoms with E-state index >= 15 is 0 Å². The number of carbonyl (C=O) groups is 1. The van der Waals surface area contributed by atoms with Gasteiger partial charge in [-0.25, -0.2) is 0 Å². The highest BCUT2D eigenvalue weighted by molar-refractivity contribution is 5.99. The second-order valence-corrected chi connectivity index (χ2v) is 5.24. The number of nitrogens with one attached hydrogen (secondary N) is 2. The summed E-state index contributed by atoms with van der Waals surface area (Å²) in [6.45, 7) is 9.88. The van der Waals surface area contributed by atoms with E-state index in [-0.39, 0.29) is 5.91 Å². The molecular weight excluding hydrogens is 238 g/mol. The maximum Gasteiger partial charge on any atom is 0.254 e. The lowest BCUT2D eigenvalue weighted by Gasteiger charge is -2.12. The first-order valence-electron chi connectivity index (χ1n) is 7.03. The van der Waals surface area contributed by atoms with Crippen LogP contribution in [0.4, 0.5) is 5.69 Å². The fourth-order valence-electron chi connectivity index (χ4n) is 1.72. The smallest absolute Gasteiger partial charge is 0.254 e. The van der Waals surface area contributed by atoms with Crippen molar-refractivity contribution in [2.75, 3.05) is 18.4 Å². The highest BCUT2D eigenvalue weighted by atomic mass is 16.1. The second-order valence-electron chi connectivity index (χ2n) is 5.24. The molecule has 1 aromatic heterocycles. The normalized spacial score (nSPS) is 10.6. The summed E-state index contributed by atoms with van der Waals surface area (Å²) >= 11 is 0. The van der Waals surface area contributed by atoms with Gasteiger partial charge in [0.25, 0.3) is 5.91 Å². The van der Waals surface area contributed by atoms with Crippen LogP contribution in [0.5, 0.6) is 0 Å². The van der Waals surface area contributed by atoms with Crippen molar-refractivity contribution in [1.29, 1.82) is 0 Å². The number of anilines is 1. The number of pyridine rings is 1. The number of aryl methyl sites for hydroxylation is 1. The first-order chi connectivity index (χ1) is 9.04. The lowest BCUT2D eigenvalue weighted by Crippen LogP contribution is -2.26. The predicted octanol–water partition coefficient (Wildman–Crippen LogP) is 2.99. The van der Waals surface area contributed by atoms with Gasteiger partial charge in [0.15, 0.2) is 0 Å². The molecule has 1 heterocycles. The van der Waals surface area contributed by atoms with Crippen LogP contribution in [0.2, 0.25) is 0 Å². The van der Waals surface area contributed by atoms with Crippen LogP contribution < -0.4 is 10.6 Å².